The molecule has 1 atom stereocenters. The van der Waals surface area contributed by atoms with E-state index in [9.17, 15) is 54.2 Å². The van der Waals surface area contributed by atoms with E-state index in [1.54, 1.807) is 0 Å². The van der Waals surface area contributed by atoms with Crippen molar-refractivity contribution in [2.24, 2.45) is 0 Å². The van der Waals surface area contributed by atoms with Gasteiger partial charge in [-0.25, -0.2) is 12.8 Å². The van der Waals surface area contributed by atoms with E-state index in [4.69, 9.17) is 0 Å². The molecular weight excluding hydrogens is 573 g/mol. The van der Waals surface area contributed by atoms with E-state index in [0.717, 1.165) is 34.6 Å². The van der Waals surface area contributed by atoms with Gasteiger partial charge in [-0.2, -0.15) is 26.3 Å². The molecular formula is C25H25F7N2O5S. The Hall–Kier alpha value is -2.91. The van der Waals surface area contributed by atoms with Crippen molar-refractivity contribution in [1.82, 2.24) is 4.90 Å². The third kappa shape index (κ3) is 5.38. The molecule has 2 heterocycles. The highest BCUT2D eigenvalue weighted by Gasteiger charge is 2.71. The molecule has 0 spiro atoms. The lowest BCUT2D eigenvalue weighted by atomic mass is 9.87. The molecule has 1 fully saturated rings. The molecule has 1 unspecified atom stereocenters. The number of rotatable bonds is 5. The summed E-state index contributed by atoms with van der Waals surface area (Å²) >= 11 is 0. The summed E-state index contributed by atoms with van der Waals surface area (Å²) in [5.41, 5.74) is -7.23. The molecule has 0 saturated carbocycles. The Balaban J connectivity index is 1.78. The number of piperidine rings is 1. The van der Waals surface area contributed by atoms with Crippen LogP contribution >= 0.6 is 0 Å². The van der Waals surface area contributed by atoms with Gasteiger partial charge in [-0.15, -0.1) is 0 Å². The third-order valence-electron chi connectivity index (χ3n) is 7.23. The Kier molecular flexibility index (Phi) is 7.88. The molecule has 4 rings (SSSR count). The minimum Gasteiger partial charge on any atom is -0.393 e. The van der Waals surface area contributed by atoms with Crippen LogP contribution in [0.15, 0.2) is 47.4 Å². The third-order valence-corrected chi connectivity index (χ3v) is 9.11. The molecule has 2 aliphatic heterocycles. The summed E-state index contributed by atoms with van der Waals surface area (Å²) in [6.45, 7) is 0.454. The zero-order chi connectivity index (χ0) is 29.7. The van der Waals surface area contributed by atoms with Crippen LogP contribution in [0.25, 0.3) is 0 Å². The maximum Gasteiger partial charge on any atom is 0.430 e. The normalized spacial score (nSPS) is 19.5. The largest absolute Gasteiger partial charge is 0.430 e. The van der Waals surface area contributed by atoms with Gasteiger partial charge in [0, 0.05) is 25.1 Å². The number of likely N-dealkylation sites (tertiary alicyclic amines) is 1. The summed E-state index contributed by atoms with van der Waals surface area (Å²) in [4.78, 5) is 14.1. The maximum absolute atomic E-state index is 13.7. The van der Waals surface area contributed by atoms with Gasteiger partial charge >= 0.3 is 12.4 Å². The zero-order valence-electron chi connectivity index (χ0n) is 20.7. The van der Waals surface area contributed by atoms with Crippen molar-refractivity contribution in [3.63, 3.8) is 0 Å². The second-order valence-corrected chi connectivity index (χ2v) is 11.6. The standard InChI is InChI=1S/C25H25F7N2O5S/c26-17-3-6-20(7-4-17)40(38,39)34-18(14-22(36)33-11-9-19(35)10-12-33)5-1-15-13-16(2-8-21(15)34)23(37,24(27,28)29)25(30,31)32/h2-4,6-8,13,18-19,35,37H,1,5,9-12,14H2. The zero-order valence-corrected chi connectivity index (χ0v) is 21.5. The lowest BCUT2D eigenvalue weighted by molar-refractivity contribution is -0.376. The highest BCUT2D eigenvalue weighted by Crippen LogP contribution is 2.51. The number of halogens is 7. The van der Waals surface area contributed by atoms with Gasteiger partial charge in [0.1, 0.15) is 5.82 Å². The van der Waals surface area contributed by atoms with Crippen LogP contribution in [-0.4, -0.2) is 67.0 Å². The number of aryl methyl sites for hydroxylation is 1. The van der Waals surface area contributed by atoms with E-state index < -0.39 is 62.3 Å². The molecule has 7 nitrogen and oxygen atoms in total. The molecule has 220 valence electrons. The quantitative estimate of drug-likeness (QED) is 0.507. The first-order valence-electron chi connectivity index (χ1n) is 12.2. The summed E-state index contributed by atoms with van der Waals surface area (Å²) in [6.07, 6.45) is -12.9. The van der Waals surface area contributed by atoms with Gasteiger partial charge < -0.3 is 15.1 Å². The van der Waals surface area contributed by atoms with Gasteiger partial charge in [0.2, 0.25) is 5.91 Å². The number of hydrogen-bond donors (Lipinski definition) is 2. The number of nitrogens with zero attached hydrogens (tertiary/aromatic N) is 2. The minimum absolute atomic E-state index is 0.143. The Morgan fingerprint density at radius 3 is 2.05 bits per heavy atom. The number of benzene rings is 2. The van der Waals surface area contributed by atoms with Gasteiger partial charge in [0.05, 0.1) is 22.7 Å². The molecule has 0 radical (unpaired) electrons. The van der Waals surface area contributed by atoms with Gasteiger partial charge in [0.15, 0.2) is 0 Å². The van der Waals surface area contributed by atoms with Crippen molar-refractivity contribution >= 4 is 21.6 Å². The first-order chi connectivity index (χ1) is 18.5. The highest BCUT2D eigenvalue weighted by molar-refractivity contribution is 7.92. The monoisotopic (exact) mass is 598 g/mol. The van der Waals surface area contributed by atoms with Gasteiger partial charge in [-0.05, 0) is 61.6 Å². The Bertz CT molecular complexity index is 1340. The second kappa shape index (κ2) is 10.5. The van der Waals surface area contributed by atoms with E-state index in [-0.39, 0.29) is 43.6 Å². The first-order valence-corrected chi connectivity index (χ1v) is 13.7. The number of aliphatic hydroxyl groups excluding tert-OH is 1. The lowest BCUT2D eigenvalue weighted by Crippen LogP contribution is -2.54. The predicted molar refractivity (Wildman–Crippen MR) is 127 cm³/mol. The van der Waals surface area contributed by atoms with Crippen LogP contribution in [-0.2, 0) is 26.8 Å². The van der Waals surface area contributed by atoms with Crippen LogP contribution in [0.5, 0.6) is 0 Å². The number of carbonyl (C=O) groups is 1. The fraction of sp³-hybridized carbons (Fsp3) is 0.480. The second-order valence-electron chi connectivity index (χ2n) is 9.81. The van der Waals surface area contributed by atoms with Crippen molar-refractivity contribution < 1.29 is 54.2 Å². The Morgan fingerprint density at radius 2 is 1.50 bits per heavy atom. The molecule has 0 aliphatic carbocycles. The molecule has 2 aromatic rings. The number of aliphatic hydroxyl groups is 2. The molecule has 2 aromatic carbocycles. The van der Waals surface area contributed by atoms with E-state index in [0.29, 0.717) is 25.0 Å². The van der Waals surface area contributed by atoms with Crippen molar-refractivity contribution in [3.8, 4) is 0 Å². The molecule has 40 heavy (non-hydrogen) atoms. The number of anilines is 1. The summed E-state index contributed by atoms with van der Waals surface area (Å²) in [5.74, 6) is -1.19. The number of hydrogen-bond acceptors (Lipinski definition) is 5. The molecule has 2 N–H and O–H groups in total. The maximum atomic E-state index is 13.7. The molecule has 0 bridgehead atoms. The van der Waals surface area contributed by atoms with E-state index in [1.807, 2.05) is 0 Å². The van der Waals surface area contributed by atoms with Crippen molar-refractivity contribution in [2.45, 2.75) is 67.1 Å². The fourth-order valence-electron chi connectivity index (χ4n) is 5.03. The molecule has 2 aliphatic rings. The highest BCUT2D eigenvalue weighted by atomic mass is 32.2. The minimum atomic E-state index is -6.13. The molecule has 1 amide bonds. The van der Waals surface area contributed by atoms with Crippen molar-refractivity contribution in [1.29, 1.82) is 0 Å². The van der Waals surface area contributed by atoms with Crippen LogP contribution in [0.3, 0.4) is 0 Å². The average molecular weight is 599 g/mol. The number of amides is 1. The summed E-state index contributed by atoms with van der Waals surface area (Å²) in [7, 11) is -4.58. The van der Waals surface area contributed by atoms with E-state index in [1.165, 1.54) is 4.90 Å². The Morgan fingerprint density at radius 1 is 0.925 bits per heavy atom. The van der Waals surface area contributed by atoms with Gasteiger partial charge in [-0.1, -0.05) is 12.1 Å². The lowest BCUT2D eigenvalue weighted by Gasteiger charge is -2.40. The molecule has 0 aromatic heterocycles. The average Bonchev–Trinajstić information content (AvgIpc) is 2.87. The van der Waals surface area contributed by atoms with Crippen LogP contribution in [0.4, 0.5) is 36.4 Å². The number of sulfonamides is 1. The number of alkyl halides is 6. The summed E-state index contributed by atoms with van der Waals surface area (Å²) in [6, 6.07) is 4.12. The van der Waals surface area contributed by atoms with Gasteiger partial charge in [0.25, 0.3) is 15.6 Å². The first kappa shape index (κ1) is 30.1. The smallest absolute Gasteiger partial charge is 0.393 e. The Labute approximate surface area is 224 Å². The summed E-state index contributed by atoms with van der Waals surface area (Å²) < 4.78 is 123. The SMILES string of the molecule is O=C(CC1CCc2cc(C(O)(C(F)(F)F)C(F)(F)F)ccc2N1S(=O)(=O)c1ccc(F)cc1)N1CCC(O)CC1. The van der Waals surface area contributed by atoms with Crippen LogP contribution in [0.1, 0.15) is 36.8 Å². The summed E-state index contributed by atoms with van der Waals surface area (Å²) in [5, 5.41) is 19.5. The number of fused-ring (bicyclic) bond motifs is 1. The van der Waals surface area contributed by atoms with Gasteiger partial charge in [-0.3, -0.25) is 9.10 Å². The van der Waals surface area contributed by atoms with Crippen molar-refractivity contribution in [2.75, 3.05) is 17.4 Å². The fourth-order valence-corrected chi connectivity index (χ4v) is 6.74. The van der Waals surface area contributed by atoms with Crippen LogP contribution in [0.2, 0.25) is 0 Å². The predicted octanol–water partition coefficient (Wildman–Crippen LogP) is 4.02. The molecule has 15 heteroatoms. The van der Waals surface area contributed by atoms with E-state index >= 15 is 0 Å². The molecule has 1 saturated heterocycles. The van der Waals surface area contributed by atoms with Crippen LogP contribution < -0.4 is 4.31 Å². The van der Waals surface area contributed by atoms with E-state index in [2.05, 4.69) is 0 Å². The van der Waals surface area contributed by atoms with Crippen molar-refractivity contribution in [3.05, 3.63) is 59.4 Å². The van der Waals surface area contributed by atoms with Crippen LogP contribution in [0, 0.1) is 5.82 Å². The topological polar surface area (TPSA) is 98.2 Å². The number of carbonyl (C=O) groups excluding carboxylic acids is 1.